The molecule has 0 bridgehead atoms. The van der Waals surface area contributed by atoms with Crippen LogP contribution in [0.4, 0.5) is 5.69 Å². The molecule has 0 aromatic heterocycles. The third kappa shape index (κ3) is 5.39. The Morgan fingerprint density at radius 3 is 2.66 bits per heavy atom. The number of carbonyl (C=O) groups is 2. The molecule has 0 amide bonds. The van der Waals surface area contributed by atoms with E-state index in [1.165, 1.54) is 22.3 Å². The summed E-state index contributed by atoms with van der Waals surface area (Å²) in [5.74, 6) is -0.627. The average Bonchev–Trinajstić information content (AvgIpc) is 2.69. The minimum Gasteiger partial charge on any atom is -0.457 e. The van der Waals surface area contributed by atoms with Gasteiger partial charge in [0.15, 0.2) is 12.4 Å². The molecule has 0 radical (unpaired) electrons. The molecule has 1 aliphatic rings. The van der Waals surface area contributed by atoms with Crippen molar-refractivity contribution in [1.29, 1.82) is 0 Å². The number of aryl methyl sites for hydroxylation is 2. The van der Waals surface area contributed by atoms with Gasteiger partial charge < -0.3 is 4.74 Å². The van der Waals surface area contributed by atoms with Crippen molar-refractivity contribution in [2.75, 3.05) is 29.5 Å². The molecule has 154 valence electrons. The fraction of sp³-hybridized carbons (Fsp3) is 0.333. The Morgan fingerprint density at radius 2 is 1.93 bits per heavy atom. The second kappa shape index (κ2) is 9.00. The molecular formula is C21H23NO5S2. The number of rotatable bonds is 7. The van der Waals surface area contributed by atoms with Crippen LogP contribution in [-0.2, 0) is 26.0 Å². The van der Waals surface area contributed by atoms with Gasteiger partial charge in [-0.15, -0.1) is 11.8 Å². The molecule has 0 atom stereocenters. The molecule has 1 aliphatic heterocycles. The SMILES string of the molecule is Cc1ccccc1SCC(=O)OCC(=O)c1ccc2c(c1)CCCN2S(C)(=O)=O. The molecule has 0 spiro atoms. The standard InChI is InChI=1S/C21H23NO5S2/c1-15-6-3-4-8-20(15)28-14-21(24)27-13-19(23)17-9-10-18-16(12-17)7-5-11-22(18)29(2,25)26/h3-4,6,8-10,12H,5,7,11,13-14H2,1-2H3. The second-order valence-corrected chi connectivity index (χ2v) is 9.84. The average molecular weight is 434 g/mol. The maximum absolute atomic E-state index is 12.4. The van der Waals surface area contributed by atoms with E-state index in [0.29, 0.717) is 30.6 Å². The molecule has 0 N–H and O–H groups in total. The van der Waals surface area contributed by atoms with Gasteiger partial charge in [-0.05, 0) is 55.2 Å². The number of anilines is 1. The molecular weight excluding hydrogens is 410 g/mol. The number of fused-ring (bicyclic) bond motifs is 1. The van der Waals surface area contributed by atoms with E-state index in [9.17, 15) is 18.0 Å². The first-order valence-corrected chi connectivity index (χ1v) is 12.1. The van der Waals surface area contributed by atoms with Crippen molar-refractivity contribution in [3.63, 3.8) is 0 Å². The Morgan fingerprint density at radius 1 is 1.17 bits per heavy atom. The molecule has 2 aromatic rings. The van der Waals surface area contributed by atoms with Crippen molar-refractivity contribution in [3.8, 4) is 0 Å². The van der Waals surface area contributed by atoms with Crippen molar-refractivity contribution in [3.05, 3.63) is 59.2 Å². The van der Waals surface area contributed by atoms with Gasteiger partial charge in [0.2, 0.25) is 10.0 Å². The van der Waals surface area contributed by atoms with Crippen molar-refractivity contribution in [1.82, 2.24) is 0 Å². The predicted octanol–water partition coefficient (Wildman–Crippen LogP) is 3.23. The monoisotopic (exact) mass is 433 g/mol. The summed E-state index contributed by atoms with van der Waals surface area (Å²) in [4.78, 5) is 25.4. The number of sulfonamides is 1. The lowest BCUT2D eigenvalue weighted by atomic mass is 9.99. The zero-order valence-corrected chi connectivity index (χ0v) is 18.0. The van der Waals surface area contributed by atoms with Gasteiger partial charge in [0.1, 0.15) is 0 Å². The first kappa shape index (κ1) is 21.4. The van der Waals surface area contributed by atoms with Gasteiger partial charge in [0.05, 0.1) is 17.7 Å². The zero-order chi connectivity index (χ0) is 21.0. The molecule has 3 rings (SSSR count). The van der Waals surface area contributed by atoms with Crippen molar-refractivity contribution in [2.24, 2.45) is 0 Å². The van der Waals surface area contributed by atoms with E-state index in [4.69, 9.17) is 4.74 Å². The van der Waals surface area contributed by atoms with E-state index in [1.807, 2.05) is 31.2 Å². The van der Waals surface area contributed by atoms with E-state index in [2.05, 4.69) is 0 Å². The minimum atomic E-state index is -3.35. The Hall–Kier alpha value is -2.32. The summed E-state index contributed by atoms with van der Waals surface area (Å²) in [7, 11) is -3.35. The highest BCUT2D eigenvalue weighted by molar-refractivity contribution is 8.00. The topological polar surface area (TPSA) is 80.8 Å². The van der Waals surface area contributed by atoms with E-state index < -0.39 is 16.0 Å². The third-order valence-corrected chi connectivity index (χ3v) is 7.01. The molecule has 8 heteroatoms. The van der Waals surface area contributed by atoms with Crippen molar-refractivity contribution < 1.29 is 22.7 Å². The summed E-state index contributed by atoms with van der Waals surface area (Å²) in [6.45, 7) is 2.08. The molecule has 0 saturated carbocycles. The summed E-state index contributed by atoms with van der Waals surface area (Å²) in [5, 5.41) is 0. The Bertz CT molecular complexity index is 1030. The number of ketones is 1. The molecule has 29 heavy (non-hydrogen) atoms. The summed E-state index contributed by atoms with van der Waals surface area (Å²) < 4.78 is 30.3. The van der Waals surface area contributed by atoms with Gasteiger partial charge in [-0.2, -0.15) is 0 Å². The Labute approximate surface area is 175 Å². The number of Topliss-reactive ketones (excluding diaryl/α,β-unsaturated/α-hetero) is 1. The van der Waals surface area contributed by atoms with E-state index in [0.717, 1.165) is 16.0 Å². The maximum Gasteiger partial charge on any atom is 0.316 e. The number of ether oxygens (including phenoxy) is 1. The van der Waals surface area contributed by atoms with Crippen LogP contribution in [0.1, 0.15) is 27.9 Å². The van der Waals surface area contributed by atoms with Crippen molar-refractivity contribution in [2.45, 2.75) is 24.7 Å². The van der Waals surface area contributed by atoms with Crippen LogP contribution in [0, 0.1) is 6.92 Å². The van der Waals surface area contributed by atoms with Crippen LogP contribution < -0.4 is 4.31 Å². The van der Waals surface area contributed by atoms with Gasteiger partial charge >= 0.3 is 5.97 Å². The molecule has 0 saturated heterocycles. The highest BCUT2D eigenvalue weighted by atomic mass is 32.2. The van der Waals surface area contributed by atoms with Gasteiger partial charge in [-0.3, -0.25) is 13.9 Å². The first-order valence-electron chi connectivity index (χ1n) is 9.23. The lowest BCUT2D eigenvalue weighted by Gasteiger charge is -2.29. The van der Waals surface area contributed by atoms with Gasteiger partial charge in [-0.1, -0.05) is 18.2 Å². The number of hydrogen-bond donors (Lipinski definition) is 0. The maximum atomic E-state index is 12.4. The minimum absolute atomic E-state index is 0.131. The summed E-state index contributed by atoms with van der Waals surface area (Å²) >= 11 is 1.38. The fourth-order valence-electron chi connectivity index (χ4n) is 3.21. The molecule has 1 heterocycles. The summed E-state index contributed by atoms with van der Waals surface area (Å²) in [5.41, 5.74) is 2.92. The highest BCUT2D eigenvalue weighted by Gasteiger charge is 2.24. The van der Waals surface area contributed by atoms with E-state index in [1.54, 1.807) is 18.2 Å². The second-order valence-electron chi connectivity index (χ2n) is 6.92. The summed E-state index contributed by atoms with van der Waals surface area (Å²) in [6.07, 6.45) is 2.58. The normalized spacial score (nSPS) is 13.7. The third-order valence-electron chi connectivity index (χ3n) is 4.68. The Balaban J connectivity index is 1.58. The van der Waals surface area contributed by atoms with Crippen LogP contribution in [0.15, 0.2) is 47.4 Å². The highest BCUT2D eigenvalue weighted by Crippen LogP contribution is 2.30. The molecule has 0 fully saturated rings. The van der Waals surface area contributed by atoms with Crippen LogP contribution in [0.3, 0.4) is 0 Å². The van der Waals surface area contributed by atoms with Crippen molar-refractivity contribution >= 4 is 39.2 Å². The van der Waals surface area contributed by atoms with Gasteiger partial charge in [-0.25, -0.2) is 8.42 Å². The molecule has 0 aliphatic carbocycles. The molecule has 6 nitrogen and oxygen atoms in total. The number of hydrogen-bond acceptors (Lipinski definition) is 6. The number of benzene rings is 2. The van der Waals surface area contributed by atoms with Crippen LogP contribution in [0.25, 0.3) is 0 Å². The summed E-state index contributed by atoms with van der Waals surface area (Å²) in [6, 6.07) is 12.7. The fourth-order valence-corrected chi connectivity index (χ4v) is 5.03. The molecule has 0 unspecified atom stereocenters. The van der Waals surface area contributed by atoms with Crippen LogP contribution in [-0.4, -0.2) is 45.3 Å². The molecule has 2 aromatic carbocycles. The number of carbonyl (C=O) groups excluding carboxylic acids is 2. The number of esters is 1. The lowest BCUT2D eigenvalue weighted by Crippen LogP contribution is -2.34. The first-order chi connectivity index (χ1) is 13.8. The quantitative estimate of drug-likeness (QED) is 0.379. The largest absolute Gasteiger partial charge is 0.457 e. The van der Waals surface area contributed by atoms with E-state index in [-0.39, 0.29) is 18.1 Å². The number of thioether (sulfide) groups is 1. The smallest absolute Gasteiger partial charge is 0.316 e. The van der Waals surface area contributed by atoms with Gasteiger partial charge in [0, 0.05) is 17.0 Å². The van der Waals surface area contributed by atoms with Crippen LogP contribution >= 0.6 is 11.8 Å². The van der Waals surface area contributed by atoms with Crippen LogP contribution in [0.5, 0.6) is 0 Å². The van der Waals surface area contributed by atoms with Gasteiger partial charge in [0.25, 0.3) is 0 Å². The predicted molar refractivity (Wildman–Crippen MR) is 114 cm³/mol. The van der Waals surface area contributed by atoms with Crippen LogP contribution in [0.2, 0.25) is 0 Å². The van der Waals surface area contributed by atoms with E-state index >= 15 is 0 Å². The lowest BCUT2D eigenvalue weighted by molar-refractivity contribution is -0.139. The zero-order valence-electron chi connectivity index (χ0n) is 16.4. The Kier molecular flexibility index (Phi) is 6.64. The number of nitrogens with zero attached hydrogens (tertiary/aromatic N) is 1.